The van der Waals surface area contributed by atoms with Crippen molar-refractivity contribution in [3.63, 3.8) is 0 Å². The van der Waals surface area contributed by atoms with Gasteiger partial charge >= 0.3 is 0 Å². The van der Waals surface area contributed by atoms with Gasteiger partial charge in [0.15, 0.2) is 0 Å². The van der Waals surface area contributed by atoms with E-state index >= 15 is 0 Å². The topological polar surface area (TPSA) is 91.0 Å². The van der Waals surface area contributed by atoms with Gasteiger partial charge in [-0.1, -0.05) is 30.7 Å². The monoisotopic (exact) mass is 530 g/mol. The van der Waals surface area contributed by atoms with Gasteiger partial charge in [-0.3, -0.25) is 24.6 Å². The van der Waals surface area contributed by atoms with Gasteiger partial charge in [0, 0.05) is 31.1 Å². The van der Waals surface area contributed by atoms with Gasteiger partial charge in [-0.2, -0.15) is 0 Å². The lowest BCUT2D eigenvalue weighted by atomic mass is 9.90. The zero-order valence-corrected chi connectivity index (χ0v) is 22.5. The Labute approximate surface area is 230 Å². The average molecular weight is 531 g/mol. The van der Waals surface area contributed by atoms with Crippen LogP contribution in [0.15, 0.2) is 42.5 Å². The molecule has 6 rings (SSSR count). The van der Waals surface area contributed by atoms with Crippen molar-refractivity contribution in [3.05, 3.63) is 64.7 Å². The van der Waals surface area contributed by atoms with Gasteiger partial charge in [-0.05, 0) is 92.5 Å². The second-order valence-corrected chi connectivity index (χ2v) is 11.4. The van der Waals surface area contributed by atoms with Crippen LogP contribution in [0.3, 0.4) is 0 Å². The third-order valence-corrected chi connectivity index (χ3v) is 8.86. The van der Waals surface area contributed by atoms with Crippen molar-refractivity contribution in [1.29, 1.82) is 0 Å². The minimum Gasteiger partial charge on any atom is -0.492 e. The number of piperidine rings is 3. The lowest BCUT2D eigenvalue weighted by Gasteiger charge is -2.35. The van der Waals surface area contributed by atoms with Gasteiger partial charge in [0.2, 0.25) is 11.8 Å². The number of imide groups is 1. The molecule has 3 amide bonds. The number of hydrogen-bond donors (Lipinski definition) is 2. The summed E-state index contributed by atoms with van der Waals surface area (Å²) in [6, 6.07) is 14.6. The average Bonchev–Trinajstić information content (AvgIpc) is 3.28. The first-order valence-electron chi connectivity index (χ1n) is 14.5. The Hall–Kier alpha value is -3.23. The van der Waals surface area contributed by atoms with Gasteiger partial charge in [0.25, 0.3) is 5.91 Å². The summed E-state index contributed by atoms with van der Waals surface area (Å²) < 4.78 is 6.29. The molecule has 4 aliphatic rings. The van der Waals surface area contributed by atoms with Crippen LogP contribution in [0.25, 0.3) is 0 Å². The summed E-state index contributed by atoms with van der Waals surface area (Å²) >= 11 is 0. The number of ether oxygens (including phenoxy) is 1. The van der Waals surface area contributed by atoms with Gasteiger partial charge in [-0.25, -0.2) is 0 Å². The molecular weight excluding hydrogens is 492 g/mol. The lowest BCUT2D eigenvalue weighted by Crippen LogP contribution is -2.52. The van der Waals surface area contributed by atoms with Crippen molar-refractivity contribution in [2.75, 3.05) is 26.2 Å². The van der Waals surface area contributed by atoms with Gasteiger partial charge in [0.1, 0.15) is 18.4 Å². The normalized spacial score (nSPS) is 24.5. The predicted molar refractivity (Wildman–Crippen MR) is 147 cm³/mol. The van der Waals surface area contributed by atoms with E-state index in [1.54, 1.807) is 11.0 Å². The van der Waals surface area contributed by atoms with Crippen molar-refractivity contribution < 1.29 is 19.1 Å². The van der Waals surface area contributed by atoms with Crippen LogP contribution >= 0.6 is 0 Å². The van der Waals surface area contributed by atoms with Crippen LogP contribution < -0.4 is 15.4 Å². The largest absolute Gasteiger partial charge is 0.492 e. The lowest BCUT2D eigenvalue weighted by molar-refractivity contribution is -0.136. The summed E-state index contributed by atoms with van der Waals surface area (Å²) in [5, 5.41) is 5.81. The number of nitrogens with one attached hydrogen (secondary N) is 2. The SMILES string of the molecule is O=C1CCC(N2Cc3cc(OCC4CCCCN4Cc4ccc(C5CCNCC5)cc4)ccc3C2=O)C(=O)N1. The molecule has 4 heterocycles. The van der Waals surface area contributed by atoms with Crippen molar-refractivity contribution in [3.8, 4) is 5.75 Å². The molecule has 8 nitrogen and oxygen atoms in total. The zero-order valence-electron chi connectivity index (χ0n) is 22.5. The van der Waals surface area contributed by atoms with Crippen LogP contribution in [0.5, 0.6) is 5.75 Å². The Kier molecular flexibility index (Phi) is 7.66. The molecule has 2 N–H and O–H groups in total. The summed E-state index contributed by atoms with van der Waals surface area (Å²) in [6.45, 7) is 5.20. The van der Waals surface area contributed by atoms with Crippen LogP contribution in [0.4, 0.5) is 0 Å². The van der Waals surface area contributed by atoms with Crippen molar-refractivity contribution in [2.45, 2.75) is 76.0 Å². The highest BCUT2D eigenvalue weighted by molar-refractivity contribution is 6.05. The van der Waals surface area contributed by atoms with Crippen LogP contribution in [-0.2, 0) is 22.7 Å². The van der Waals surface area contributed by atoms with Gasteiger partial charge in [0.05, 0.1) is 0 Å². The molecule has 0 aliphatic carbocycles. The van der Waals surface area contributed by atoms with E-state index in [4.69, 9.17) is 4.74 Å². The standard InChI is InChI=1S/C31H38N4O4/c36-29-11-10-28(30(37)33-29)35-19-24-17-26(8-9-27(24)31(35)38)39-20-25-3-1-2-16-34(25)18-21-4-6-22(7-5-21)23-12-14-32-15-13-23/h4-9,17,23,25,28,32H,1-3,10-16,18-20H2,(H,33,36,37). The molecule has 2 aromatic rings. The van der Waals surface area contributed by atoms with Crippen molar-refractivity contribution >= 4 is 17.7 Å². The maximum Gasteiger partial charge on any atom is 0.255 e. The van der Waals surface area contributed by atoms with E-state index in [2.05, 4.69) is 39.8 Å². The maximum atomic E-state index is 13.0. The molecule has 0 radical (unpaired) electrons. The van der Waals surface area contributed by atoms with E-state index in [9.17, 15) is 14.4 Å². The van der Waals surface area contributed by atoms with Crippen LogP contribution in [0, 0.1) is 0 Å². The van der Waals surface area contributed by atoms with Crippen LogP contribution in [0.1, 0.15) is 77.9 Å². The number of likely N-dealkylation sites (tertiary alicyclic amines) is 1. The number of carbonyl (C=O) groups is 3. The van der Waals surface area contributed by atoms with Crippen LogP contribution in [0.2, 0.25) is 0 Å². The molecule has 0 saturated carbocycles. The Balaban J connectivity index is 1.06. The van der Waals surface area contributed by atoms with Gasteiger partial charge in [-0.15, -0.1) is 0 Å². The summed E-state index contributed by atoms with van der Waals surface area (Å²) in [7, 11) is 0. The number of hydrogen-bond acceptors (Lipinski definition) is 6. The van der Waals surface area contributed by atoms with E-state index in [1.807, 2.05) is 12.1 Å². The zero-order chi connectivity index (χ0) is 26.8. The van der Waals surface area contributed by atoms with E-state index in [0.717, 1.165) is 43.9 Å². The molecule has 39 heavy (non-hydrogen) atoms. The molecule has 2 atom stereocenters. The highest BCUT2D eigenvalue weighted by atomic mass is 16.5. The first kappa shape index (κ1) is 26.0. The second-order valence-electron chi connectivity index (χ2n) is 11.4. The molecule has 206 valence electrons. The fourth-order valence-corrected chi connectivity index (χ4v) is 6.57. The molecular formula is C31H38N4O4. The summed E-state index contributed by atoms with van der Waals surface area (Å²) in [5.41, 5.74) is 4.30. The van der Waals surface area contributed by atoms with E-state index in [0.29, 0.717) is 37.1 Å². The van der Waals surface area contributed by atoms with Crippen molar-refractivity contribution in [2.24, 2.45) is 0 Å². The quantitative estimate of drug-likeness (QED) is 0.534. The van der Waals surface area contributed by atoms with Gasteiger partial charge < -0.3 is 15.0 Å². The molecule has 3 saturated heterocycles. The van der Waals surface area contributed by atoms with E-state index < -0.39 is 6.04 Å². The Morgan fingerprint density at radius 1 is 0.923 bits per heavy atom. The number of carbonyl (C=O) groups excluding carboxylic acids is 3. The minimum absolute atomic E-state index is 0.157. The number of nitrogens with zero attached hydrogens (tertiary/aromatic N) is 2. The maximum absolute atomic E-state index is 13.0. The molecule has 8 heteroatoms. The fraction of sp³-hybridized carbons (Fsp3) is 0.516. The third-order valence-electron chi connectivity index (χ3n) is 8.86. The number of fused-ring (bicyclic) bond motifs is 1. The third kappa shape index (κ3) is 5.72. The number of benzene rings is 2. The number of amides is 3. The summed E-state index contributed by atoms with van der Waals surface area (Å²) in [4.78, 5) is 41.0. The Morgan fingerprint density at radius 3 is 2.54 bits per heavy atom. The predicted octanol–water partition coefficient (Wildman–Crippen LogP) is 3.35. The number of rotatable bonds is 7. The highest BCUT2D eigenvalue weighted by Crippen LogP contribution is 2.31. The van der Waals surface area contributed by atoms with E-state index in [-0.39, 0.29) is 24.1 Å². The smallest absolute Gasteiger partial charge is 0.255 e. The van der Waals surface area contributed by atoms with Crippen molar-refractivity contribution in [1.82, 2.24) is 20.4 Å². The van der Waals surface area contributed by atoms with E-state index in [1.165, 1.54) is 36.8 Å². The molecule has 2 unspecified atom stereocenters. The first-order valence-corrected chi connectivity index (χ1v) is 14.5. The Bertz CT molecular complexity index is 1220. The molecule has 4 aliphatic heterocycles. The second kappa shape index (κ2) is 11.5. The summed E-state index contributed by atoms with van der Waals surface area (Å²) in [5.74, 6) is 0.610. The fourth-order valence-electron chi connectivity index (χ4n) is 6.57. The first-order chi connectivity index (χ1) is 19.0. The molecule has 3 fully saturated rings. The summed E-state index contributed by atoms with van der Waals surface area (Å²) in [6.07, 6.45) is 6.59. The van der Waals surface area contributed by atoms with Crippen LogP contribution in [-0.4, -0.2) is 65.8 Å². The molecule has 2 aromatic carbocycles. The minimum atomic E-state index is -0.600. The Morgan fingerprint density at radius 2 is 1.74 bits per heavy atom. The molecule has 0 spiro atoms. The highest BCUT2D eigenvalue weighted by Gasteiger charge is 2.39. The molecule has 0 aromatic heterocycles. The molecule has 0 bridgehead atoms.